The highest BCUT2D eigenvalue weighted by atomic mass is 16.4. The van der Waals surface area contributed by atoms with Crippen LogP contribution < -0.4 is 0 Å². The number of hydrogen-bond acceptors (Lipinski definition) is 2. The predicted octanol–water partition coefficient (Wildman–Crippen LogP) is 2.17. The van der Waals surface area contributed by atoms with Crippen LogP contribution in [-0.2, 0) is 0 Å². The predicted molar refractivity (Wildman–Crippen MR) is 62.4 cm³/mol. The van der Waals surface area contributed by atoms with E-state index in [1.165, 1.54) is 4.90 Å². The molecule has 1 amide bonds. The van der Waals surface area contributed by atoms with E-state index in [9.17, 15) is 9.90 Å². The Morgan fingerprint density at radius 3 is 2.38 bits per heavy atom. The van der Waals surface area contributed by atoms with Crippen molar-refractivity contribution in [1.82, 2.24) is 4.90 Å². The molecule has 0 aliphatic carbocycles. The fourth-order valence-electron chi connectivity index (χ4n) is 2.61. The maximum Gasteiger partial charge on any atom is 0.407 e. The lowest BCUT2D eigenvalue weighted by Gasteiger charge is -2.31. The molecule has 0 bridgehead atoms. The minimum Gasteiger partial charge on any atom is -0.465 e. The zero-order valence-electron chi connectivity index (χ0n) is 10.2. The molecular weight excluding hydrogens is 206 g/mol. The Hall–Kier alpha value is -0.770. The lowest BCUT2D eigenvalue weighted by molar-refractivity contribution is 0.114. The van der Waals surface area contributed by atoms with Gasteiger partial charge in [-0.25, -0.2) is 4.79 Å². The van der Waals surface area contributed by atoms with Crippen LogP contribution in [0.25, 0.3) is 0 Å². The normalized spacial score (nSPS) is 21.8. The van der Waals surface area contributed by atoms with Crippen molar-refractivity contribution in [2.45, 2.75) is 45.6 Å². The third-order valence-corrected chi connectivity index (χ3v) is 3.36. The fourth-order valence-corrected chi connectivity index (χ4v) is 2.61. The molecule has 4 nitrogen and oxygen atoms in total. The monoisotopic (exact) mass is 229 g/mol. The summed E-state index contributed by atoms with van der Waals surface area (Å²) in [6.07, 6.45) is 2.87. The summed E-state index contributed by atoms with van der Waals surface area (Å²) in [6.45, 7) is 5.32. The fraction of sp³-hybridized carbons (Fsp3) is 0.917. The number of aliphatic hydroxyl groups is 1. The molecule has 0 radical (unpaired) electrons. The molecule has 94 valence electrons. The lowest BCUT2D eigenvalue weighted by Crippen LogP contribution is -2.37. The summed E-state index contributed by atoms with van der Waals surface area (Å²) in [5.74, 6) is 1.16. The first-order valence-corrected chi connectivity index (χ1v) is 6.15. The Bertz CT molecular complexity index is 222. The number of carbonyl (C=O) groups is 1. The standard InChI is InChI=1S/C12H23NO3/c1-9(7-10(2)14)8-11-3-5-13(6-4-11)12(15)16/h9-11,14H,3-8H2,1-2H3,(H,15,16). The molecule has 1 aliphatic rings. The van der Waals surface area contributed by atoms with Crippen LogP contribution in [0.5, 0.6) is 0 Å². The third kappa shape index (κ3) is 4.39. The average molecular weight is 229 g/mol. The van der Waals surface area contributed by atoms with Gasteiger partial charge in [-0.05, 0) is 44.4 Å². The molecule has 0 saturated carbocycles. The van der Waals surface area contributed by atoms with E-state index >= 15 is 0 Å². The number of likely N-dealkylation sites (tertiary alicyclic amines) is 1. The molecule has 2 unspecified atom stereocenters. The van der Waals surface area contributed by atoms with Crippen LogP contribution in [0.4, 0.5) is 4.79 Å². The SMILES string of the molecule is CC(O)CC(C)CC1CCN(C(=O)O)CC1. The molecule has 2 atom stereocenters. The summed E-state index contributed by atoms with van der Waals surface area (Å²) in [5, 5.41) is 18.1. The van der Waals surface area contributed by atoms with Gasteiger partial charge in [-0.1, -0.05) is 6.92 Å². The van der Waals surface area contributed by atoms with Crippen molar-refractivity contribution in [2.75, 3.05) is 13.1 Å². The van der Waals surface area contributed by atoms with Crippen molar-refractivity contribution in [1.29, 1.82) is 0 Å². The first-order valence-electron chi connectivity index (χ1n) is 6.15. The topological polar surface area (TPSA) is 60.8 Å². The molecule has 2 N–H and O–H groups in total. The smallest absolute Gasteiger partial charge is 0.407 e. The minimum atomic E-state index is -0.796. The molecule has 0 aromatic carbocycles. The minimum absolute atomic E-state index is 0.228. The van der Waals surface area contributed by atoms with Gasteiger partial charge in [0.2, 0.25) is 0 Å². The van der Waals surface area contributed by atoms with E-state index in [2.05, 4.69) is 6.92 Å². The molecule has 1 heterocycles. The summed E-state index contributed by atoms with van der Waals surface area (Å²) >= 11 is 0. The van der Waals surface area contributed by atoms with Crippen LogP contribution in [0.1, 0.15) is 39.5 Å². The van der Waals surface area contributed by atoms with Gasteiger partial charge in [0.1, 0.15) is 0 Å². The summed E-state index contributed by atoms with van der Waals surface area (Å²) < 4.78 is 0. The average Bonchev–Trinajstić information content (AvgIpc) is 2.16. The van der Waals surface area contributed by atoms with Crippen LogP contribution in [-0.4, -0.2) is 40.4 Å². The van der Waals surface area contributed by atoms with E-state index in [0.29, 0.717) is 24.9 Å². The van der Waals surface area contributed by atoms with E-state index in [4.69, 9.17) is 5.11 Å². The van der Waals surface area contributed by atoms with E-state index in [1.807, 2.05) is 6.92 Å². The second kappa shape index (κ2) is 6.09. The maximum absolute atomic E-state index is 10.7. The molecule has 1 rings (SSSR count). The Kier molecular flexibility index (Phi) is 5.06. The van der Waals surface area contributed by atoms with Crippen molar-refractivity contribution < 1.29 is 15.0 Å². The number of carboxylic acid groups (broad SMARTS) is 1. The van der Waals surface area contributed by atoms with Gasteiger partial charge in [0.25, 0.3) is 0 Å². The molecule has 16 heavy (non-hydrogen) atoms. The van der Waals surface area contributed by atoms with Crippen molar-refractivity contribution in [3.63, 3.8) is 0 Å². The van der Waals surface area contributed by atoms with Gasteiger partial charge in [-0.2, -0.15) is 0 Å². The van der Waals surface area contributed by atoms with Crippen molar-refractivity contribution >= 4 is 6.09 Å². The number of amides is 1. The Balaban J connectivity index is 2.24. The molecule has 0 aromatic heterocycles. The summed E-state index contributed by atoms with van der Waals surface area (Å²) in [4.78, 5) is 12.2. The second-order valence-electron chi connectivity index (χ2n) is 5.14. The Morgan fingerprint density at radius 2 is 1.94 bits per heavy atom. The molecule has 4 heteroatoms. The summed E-state index contributed by atoms with van der Waals surface area (Å²) in [6, 6.07) is 0. The van der Waals surface area contributed by atoms with Gasteiger partial charge in [-0.3, -0.25) is 0 Å². The molecule has 1 aliphatic heterocycles. The number of nitrogens with zero attached hydrogens (tertiary/aromatic N) is 1. The van der Waals surface area contributed by atoms with E-state index in [0.717, 1.165) is 25.7 Å². The first kappa shape index (κ1) is 13.3. The highest BCUT2D eigenvalue weighted by Crippen LogP contribution is 2.26. The molecule has 1 fully saturated rings. The van der Waals surface area contributed by atoms with Crippen LogP contribution in [0.3, 0.4) is 0 Å². The van der Waals surface area contributed by atoms with Crippen LogP contribution in [0.15, 0.2) is 0 Å². The molecule has 0 spiro atoms. The van der Waals surface area contributed by atoms with Crippen molar-refractivity contribution in [3.05, 3.63) is 0 Å². The van der Waals surface area contributed by atoms with Gasteiger partial charge in [0.15, 0.2) is 0 Å². The van der Waals surface area contributed by atoms with Crippen LogP contribution in [0.2, 0.25) is 0 Å². The van der Waals surface area contributed by atoms with Crippen LogP contribution >= 0.6 is 0 Å². The quantitative estimate of drug-likeness (QED) is 0.776. The van der Waals surface area contributed by atoms with Gasteiger partial charge in [-0.15, -0.1) is 0 Å². The number of hydrogen-bond donors (Lipinski definition) is 2. The third-order valence-electron chi connectivity index (χ3n) is 3.36. The second-order valence-corrected chi connectivity index (χ2v) is 5.14. The van der Waals surface area contributed by atoms with E-state index in [-0.39, 0.29) is 6.10 Å². The lowest BCUT2D eigenvalue weighted by atomic mass is 9.86. The van der Waals surface area contributed by atoms with Crippen molar-refractivity contribution in [2.24, 2.45) is 11.8 Å². The highest BCUT2D eigenvalue weighted by Gasteiger charge is 2.23. The number of piperidine rings is 1. The van der Waals surface area contributed by atoms with E-state index in [1.54, 1.807) is 0 Å². The highest BCUT2D eigenvalue weighted by molar-refractivity contribution is 5.64. The van der Waals surface area contributed by atoms with Gasteiger partial charge >= 0.3 is 6.09 Å². The largest absolute Gasteiger partial charge is 0.465 e. The molecular formula is C12H23NO3. The van der Waals surface area contributed by atoms with Crippen LogP contribution in [0, 0.1) is 11.8 Å². The van der Waals surface area contributed by atoms with Gasteiger partial charge < -0.3 is 15.1 Å². The van der Waals surface area contributed by atoms with E-state index < -0.39 is 6.09 Å². The zero-order valence-corrected chi connectivity index (χ0v) is 10.2. The Labute approximate surface area is 97.3 Å². The van der Waals surface area contributed by atoms with Gasteiger partial charge in [0, 0.05) is 13.1 Å². The van der Waals surface area contributed by atoms with Gasteiger partial charge in [0.05, 0.1) is 6.10 Å². The zero-order chi connectivity index (χ0) is 12.1. The Morgan fingerprint density at radius 1 is 1.38 bits per heavy atom. The number of aliphatic hydroxyl groups excluding tert-OH is 1. The summed E-state index contributed by atoms with van der Waals surface area (Å²) in [5.41, 5.74) is 0. The molecule has 0 aromatic rings. The number of rotatable bonds is 4. The van der Waals surface area contributed by atoms with Crippen molar-refractivity contribution in [3.8, 4) is 0 Å². The summed E-state index contributed by atoms with van der Waals surface area (Å²) in [7, 11) is 0. The first-order chi connectivity index (χ1) is 7.49. The molecule has 1 saturated heterocycles. The maximum atomic E-state index is 10.7.